The number of methoxy groups -OCH3 is 1. The van der Waals surface area contributed by atoms with E-state index in [1.54, 1.807) is 46.1 Å². The van der Waals surface area contributed by atoms with Gasteiger partial charge in [-0.1, -0.05) is 53.7 Å². The predicted molar refractivity (Wildman–Crippen MR) is 152 cm³/mol. The lowest BCUT2D eigenvalue weighted by Gasteiger charge is -2.28. The molecule has 2 N–H and O–H groups in total. The third-order valence-electron chi connectivity index (χ3n) is 6.21. The summed E-state index contributed by atoms with van der Waals surface area (Å²) in [6, 6.07) is 14.4. The number of hydrogen-bond acceptors (Lipinski definition) is 7. The second kappa shape index (κ2) is 11.8. The van der Waals surface area contributed by atoms with Gasteiger partial charge in [0.1, 0.15) is 17.0 Å². The van der Waals surface area contributed by atoms with Crippen LogP contribution in [-0.4, -0.2) is 41.4 Å². The first-order chi connectivity index (χ1) is 18.4. The van der Waals surface area contributed by atoms with Gasteiger partial charge >= 0.3 is 6.09 Å². The van der Waals surface area contributed by atoms with Crippen molar-refractivity contribution >= 4 is 41.1 Å². The van der Waals surface area contributed by atoms with E-state index < -0.39 is 17.6 Å². The summed E-state index contributed by atoms with van der Waals surface area (Å²) >= 11 is 7.37. The second-order valence-corrected chi connectivity index (χ2v) is 11.7. The summed E-state index contributed by atoms with van der Waals surface area (Å²) in [6.45, 7) is 7.18. The van der Waals surface area contributed by atoms with Gasteiger partial charge in [0.2, 0.25) is 0 Å². The molecule has 0 bridgehead atoms. The molecule has 2 aromatic carbocycles. The maximum Gasteiger partial charge on any atom is 0.426 e. The number of nitrogens with zero attached hydrogens (tertiary/aromatic N) is 1. The largest absolute Gasteiger partial charge is 0.497 e. The van der Waals surface area contributed by atoms with Crippen molar-refractivity contribution < 1.29 is 23.9 Å². The number of hydrogen-bond donors (Lipinski definition) is 2. The monoisotopic (exact) mass is 569 g/mol. The van der Waals surface area contributed by atoms with Crippen LogP contribution in [-0.2, 0) is 20.7 Å². The number of halogens is 1. The number of ether oxygens (including phenoxy) is 2. The van der Waals surface area contributed by atoms with Crippen LogP contribution in [0.4, 0.5) is 4.79 Å². The molecule has 2 aromatic rings. The van der Waals surface area contributed by atoms with Gasteiger partial charge in [-0.15, -0.1) is 0 Å². The minimum Gasteiger partial charge on any atom is -0.497 e. The van der Waals surface area contributed by atoms with Crippen LogP contribution in [0.15, 0.2) is 70.8 Å². The average Bonchev–Trinajstić information content (AvgIpc) is 3.29. The van der Waals surface area contributed by atoms with E-state index in [1.165, 1.54) is 16.8 Å². The average molecular weight is 570 g/mol. The lowest BCUT2D eigenvalue weighted by molar-refractivity contribution is -0.119. The van der Waals surface area contributed by atoms with Gasteiger partial charge in [-0.05, 0) is 69.5 Å². The van der Waals surface area contributed by atoms with E-state index in [4.69, 9.17) is 21.1 Å². The van der Waals surface area contributed by atoms with Crippen LogP contribution in [0.25, 0.3) is 0 Å². The smallest absolute Gasteiger partial charge is 0.426 e. The van der Waals surface area contributed by atoms with Gasteiger partial charge in [-0.2, -0.15) is 0 Å². The Hall–Kier alpha value is -3.43. The minimum atomic E-state index is -0.704. The van der Waals surface area contributed by atoms with Gasteiger partial charge in [0.25, 0.3) is 5.91 Å². The fraction of sp³-hybridized carbons (Fsp3) is 0.345. The Bertz CT molecular complexity index is 1320. The Balaban J connectivity index is 1.62. The van der Waals surface area contributed by atoms with E-state index >= 15 is 0 Å². The van der Waals surface area contributed by atoms with Crippen molar-refractivity contribution in [2.45, 2.75) is 45.8 Å². The Labute approximate surface area is 237 Å². The number of rotatable bonds is 7. The zero-order chi connectivity index (χ0) is 28.3. The molecular weight excluding hydrogens is 538 g/mol. The van der Waals surface area contributed by atoms with Crippen molar-refractivity contribution in [3.05, 3.63) is 86.9 Å². The quantitative estimate of drug-likeness (QED) is 0.451. The number of allylic oxidation sites excluding steroid dienone is 2. The van der Waals surface area contributed by atoms with Crippen molar-refractivity contribution in [3.8, 4) is 5.75 Å². The molecule has 39 heavy (non-hydrogen) atoms. The van der Waals surface area contributed by atoms with Crippen molar-refractivity contribution in [1.82, 2.24) is 15.8 Å². The first-order valence-corrected chi connectivity index (χ1v) is 13.9. The minimum absolute atomic E-state index is 0.180. The summed E-state index contributed by atoms with van der Waals surface area (Å²) in [5, 5.41) is 5.12. The van der Waals surface area contributed by atoms with E-state index in [0.29, 0.717) is 21.9 Å². The molecule has 0 saturated carbocycles. The van der Waals surface area contributed by atoms with Gasteiger partial charge in [0.15, 0.2) is 5.78 Å². The van der Waals surface area contributed by atoms with Crippen LogP contribution in [0.3, 0.4) is 0 Å². The fourth-order valence-corrected chi connectivity index (χ4v) is 5.56. The van der Waals surface area contributed by atoms with Gasteiger partial charge in [-0.25, -0.2) is 10.2 Å². The van der Waals surface area contributed by atoms with Crippen molar-refractivity contribution in [2.75, 3.05) is 13.0 Å². The fourth-order valence-electron chi connectivity index (χ4n) is 4.32. The Morgan fingerprint density at radius 3 is 2.41 bits per heavy atom. The maximum absolute atomic E-state index is 13.7. The van der Waals surface area contributed by atoms with Crippen molar-refractivity contribution in [2.24, 2.45) is 5.92 Å². The van der Waals surface area contributed by atoms with Crippen LogP contribution in [0.1, 0.15) is 44.9 Å². The molecule has 8 nitrogen and oxygen atoms in total. The molecule has 206 valence electrons. The van der Waals surface area contributed by atoms with Crippen LogP contribution >= 0.6 is 23.4 Å². The summed E-state index contributed by atoms with van der Waals surface area (Å²) in [7, 11) is 1.60. The molecule has 1 heterocycles. The summed E-state index contributed by atoms with van der Waals surface area (Å²) in [6.07, 6.45) is 1.44. The Kier molecular flexibility index (Phi) is 8.61. The summed E-state index contributed by atoms with van der Waals surface area (Å²) < 4.78 is 10.6. The van der Waals surface area contributed by atoms with Gasteiger partial charge < -0.3 is 14.8 Å². The number of hydrazine groups is 1. The molecule has 1 aliphatic carbocycles. The van der Waals surface area contributed by atoms with E-state index in [0.717, 1.165) is 16.9 Å². The first-order valence-electron chi connectivity index (χ1n) is 12.5. The summed E-state index contributed by atoms with van der Waals surface area (Å²) in [5.74, 6) is -0.0944. The number of amides is 2. The van der Waals surface area contributed by atoms with Crippen LogP contribution in [0.5, 0.6) is 5.75 Å². The molecule has 10 heteroatoms. The molecular formula is C29H32ClN3O5S. The number of carbonyl (C=O) groups is 3. The molecule has 2 atom stereocenters. The SMILES string of the molecule is COc1ccc([C@@H](C)NC(=O)C2=CC(Cc3ccc(Cl)cc3)C(=O)C3=C2SCN3NC(=O)OC(C)(C)C)cc1. The number of nitrogens with one attached hydrogen (secondary N) is 2. The van der Waals surface area contributed by atoms with E-state index in [1.807, 2.05) is 43.3 Å². The van der Waals surface area contributed by atoms with Crippen LogP contribution < -0.4 is 15.5 Å². The van der Waals surface area contributed by atoms with E-state index in [9.17, 15) is 14.4 Å². The highest BCUT2D eigenvalue weighted by Gasteiger charge is 2.41. The number of thioether (sulfide) groups is 1. The zero-order valence-electron chi connectivity index (χ0n) is 22.5. The molecule has 2 aliphatic rings. The van der Waals surface area contributed by atoms with Gasteiger partial charge in [0, 0.05) is 10.9 Å². The normalized spacial score (nSPS) is 17.8. The topological polar surface area (TPSA) is 97.0 Å². The maximum atomic E-state index is 13.7. The molecule has 0 saturated heterocycles. The first kappa shape index (κ1) is 28.6. The zero-order valence-corrected chi connectivity index (χ0v) is 24.1. The summed E-state index contributed by atoms with van der Waals surface area (Å²) in [4.78, 5) is 40.4. The molecule has 0 spiro atoms. The van der Waals surface area contributed by atoms with Gasteiger partial charge in [0.05, 0.1) is 29.5 Å². The molecule has 2 amide bonds. The third kappa shape index (κ3) is 6.96. The molecule has 1 aliphatic heterocycles. The molecule has 0 radical (unpaired) electrons. The molecule has 0 fully saturated rings. The lowest BCUT2D eigenvalue weighted by Crippen LogP contribution is -2.45. The second-order valence-electron chi connectivity index (χ2n) is 10.3. The Morgan fingerprint density at radius 1 is 1.13 bits per heavy atom. The number of benzene rings is 2. The lowest BCUT2D eigenvalue weighted by atomic mass is 9.86. The summed E-state index contributed by atoms with van der Waals surface area (Å²) in [5.41, 5.74) is 4.48. The third-order valence-corrected chi connectivity index (χ3v) is 7.55. The standard InChI is InChI=1S/C29H32ClN3O5S/c1-17(19-8-12-22(37-5)13-9-19)31-27(35)23-15-20(14-18-6-10-21(30)11-7-18)25(34)24-26(23)39-16-33(24)32-28(36)38-29(2,3)4/h6-13,15,17,20H,14,16H2,1-5H3,(H,31,35)(H,32,36)/t17-,20?/m1/s1. The molecule has 1 unspecified atom stereocenters. The highest BCUT2D eigenvalue weighted by molar-refractivity contribution is 8.03. The van der Waals surface area contributed by atoms with Crippen molar-refractivity contribution in [3.63, 3.8) is 0 Å². The Morgan fingerprint density at radius 2 is 1.79 bits per heavy atom. The highest BCUT2D eigenvalue weighted by Crippen LogP contribution is 2.42. The van der Waals surface area contributed by atoms with Crippen LogP contribution in [0.2, 0.25) is 5.02 Å². The molecule has 0 aromatic heterocycles. The van der Waals surface area contributed by atoms with Crippen LogP contribution in [0, 0.1) is 5.92 Å². The number of ketones is 1. The highest BCUT2D eigenvalue weighted by atomic mass is 35.5. The van der Waals surface area contributed by atoms with Crippen molar-refractivity contribution in [1.29, 1.82) is 0 Å². The van der Waals surface area contributed by atoms with Gasteiger partial charge in [-0.3, -0.25) is 14.6 Å². The number of Topliss-reactive ketones (excluding diaryl/α,β-unsaturated/α-hetero) is 1. The van der Waals surface area contributed by atoms with E-state index in [2.05, 4.69) is 10.7 Å². The predicted octanol–water partition coefficient (Wildman–Crippen LogP) is 5.55. The number of carbonyl (C=O) groups excluding carboxylic acids is 3. The van der Waals surface area contributed by atoms with E-state index in [-0.39, 0.29) is 29.3 Å². The molecule has 4 rings (SSSR count).